The van der Waals surface area contributed by atoms with Gasteiger partial charge in [0, 0.05) is 34.3 Å². The second-order valence-corrected chi connectivity index (χ2v) is 5.89. The molecular weight excluding hydrogens is 282 g/mol. The van der Waals surface area contributed by atoms with Gasteiger partial charge >= 0.3 is 5.97 Å². The lowest BCUT2D eigenvalue weighted by molar-refractivity contribution is 0.0699. The van der Waals surface area contributed by atoms with E-state index in [0.717, 1.165) is 23.2 Å². The summed E-state index contributed by atoms with van der Waals surface area (Å²) in [4.78, 5) is 12.5. The Bertz CT molecular complexity index is 765. The predicted octanol–water partition coefficient (Wildman–Crippen LogP) is 4.13. The second-order valence-electron chi connectivity index (χ2n) is 4.72. The quantitative estimate of drug-likeness (QED) is 0.720. The number of para-hydroxylation sites is 1. The van der Waals surface area contributed by atoms with Gasteiger partial charge in [-0.25, -0.2) is 4.79 Å². The fourth-order valence-corrected chi connectivity index (χ4v) is 3.25. The second kappa shape index (κ2) is 6.06. The Balaban J connectivity index is 1.79. The number of aryl methyl sites for hydroxylation is 1. The van der Waals surface area contributed by atoms with Crippen LogP contribution in [0.25, 0.3) is 10.9 Å². The van der Waals surface area contributed by atoms with Gasteiger partial charge in [-0.05, 0) is 18.2 Å². The molecule has 0 radical (unpaired) electrons. The number of hydrogen-bond acceptors (Lipinski definition) is 2. The molecule has 106 valence electrons. The van der Waals surface area contributed by atoms with Gasteiger partial charge in [0.15, 0.2) is 0 Å². The predicted molar refractivity (Wildman–Crippen MR) is 86.1 cm³/mol. The fourth-order valence-electron chi connectivity index (χ4n) is 2.38. The third-order valence-corrected chi connectivity index (χ3v) is 4.36. The van der Waals surface area contributed by atoms with E-state index < -0.39 is 5.97 Å². The minimum absolute atomic E-state index is 0.371. The Morgan fingerprint density at radius 1 is 1.05 bits per heavy atom. The van der Waals surface area contributed by atoms with Gasteiger partial charge in [0.2, 0.25) is 0 Å². The summed E-state index contributed by atoms with van der Waals surface area (Å²) in [5, 5.41) is 10.1. The molecule has 3 rings (SSSR count). The van der Waals surface area contributed by atoms with E-state index in [1.54, 1.807) is 18.0 Å². The number of aromatic nitrogens is 1. The Hall–Kier alpha value is -2.20. The van der Waals surface area contributed by atoms with E-state index in [0.29, 0.717) is 5.56 Å². The van der Waals surface area contributed by atoms with Crippen molar-refractivity contribution in [2.75, 3.05) is 5.75 Å². The molecule has 0 amide bonds. The lowest BCUT2D eigenvalue weighted by atomic mass is 10.2. The Morgan fingerprint density at radius 3 is 2.52 bits per heavy atom. The summed E-state index contributed by atoms with van der Waals surface area (Å²) in [6, 6.07) is 17.9. The molecule has 0 spiro atoms. The Morgan fingerprint density at radius 2 is 1.76 bits per heavy atom. The van der Waals surface area contributed by atoms with Gasteiger partial charge in [-0.1, -0.05) is 36.4 Å². The Kier molecular flexibility index (Phi) is 3.97. The molecule has 0 saturated carbocycles. The van der Waals surface area contributed by atoms with Crippen molar-refractivity contribution in [3.05, 3.63) is 66.4 Å². The molecule has 0 fully saturated rings. The fraction of sp³-hybridized carbons (Fsp3) is 0.118. The molecule has 1 N–H and O–H groups in total. The monoisotopic (exact) mass is 297 g/mol. The van der Waals surface area contributed by atoms with E-state index in [4.69, 9.17) is 0 Å². The minimum atomic E-state index is -0.874. The highest BCUT2D eigenvalue weighted by Gasteiger charge is 2.13. The summed E-state index contributed by atoms with van der Waals surface area (Å²) < 4.78 is 2.02. The molecule has 3 nitrogen and oxygen atoms in total. The molecule has 0 saturated heterocycles. The van der Waals surface area contributed by atoms with Crippen LogP contribution in [0.2, 0.25) is 0 Å². The first-order valence-electron chi connectivity index (χ1n) is 6.75. The molecule has 1 heterocycles. The van der Waals surface area contributed by atoms with E-state index in [-0.39, 0.29) is 0 Å². The van der Waals surface area contributed by atoms with Gasteiger partial charge in [0.05, 0.1) is 5.56 Å². The van der Waals surface area contributed by atoms with Crippen molar-refractivity contribution < 1.29 is 9.90 Å². The van der Waals surface area contributed by atoms with Crippen molar-refractivity contribution in [1.29, 1.82) is 0 Å². The van der Waals surface area contributed by atoms with Gasteiger partial charge in [-0.15, -0.1) is 11.8 Å². The van der Waals surface area contributed by atoms with Crippen molar-refractivity contribution in [3.63, 3.8) is 0 Å². The molecule has 1 aromatic heterocycles. The van der Waals surface area contributed by atoms with Crippen LogP contribution in [0.1, 0.15) is 10.4 Å². The van der Waals surface area contributed by atoms with Gasteiger partial charge in [0.1, 0.15) is 0 Å². The summed E-state index contributed by atoms with van der Waals surface area (Å²) in [6.45, 7) is 0.785. The van der Waals surface area contributed by atoms with E-state index in [1.165, 1.54) is 4.90 Å². The first-order chi connectivity index (χ1) is 10.3. The molecule has 2 aromatic carbocycles. The van der Waals surface area contributed by atoms with Gasteiger partial charge in [0.25, 0.3) is 0 Å². The van der Waals surface area contributed by atoms with Crippen molar-refractivity contribution in [3.8, 4) is 0 Å². The molecule has 21 heavy (non-hydrogen) atoms. The number of aromatic carboxylic acids is 1. The highest BCUT2D eigenvalue weighted by atomic mass is 32.2. The highest BCUT2D eigenvalue weighted by Crippen LogP contribution is 2.23. The van der Waals surface area contributed by atoms with E-state index in [2.05, 4.69) is 12.1 Å². The number of benzene rings is 2. The lowest BCUT2D eigenvalue weighted by Crippen LogP contribution is -1.99. The standard InChI is InChI=1S/C17H15NO2S/c19-17(20)15-12-18(16-9-5-4-8-14(15)16)10-11-21-13-6-2-1-3-7-13/h1-9,12H,10-11H2,(H,19,20). The van der Waals surface area contributed by atoms with Crippen LogP contribution in [0.4, 0.5) is 0 Å². The van der Waals surface area contributed by atoms with Crippen LogP contribution >= 0.6 is 11.8 Å². The number of rotatable bonds is 5. The summed E-state index contributed by atoms with van der Waals surface area (Å²) in [5.41, 5.74) is 1.35. The molecule has 0 aliphatic rings. The van der Waals surface area contributed by atoms with Gasteiger partial charge in [-0.2, -0.15) is 0 Å². The topological polar surface area (TPSA) is 42.2 Å². The maximum atomic E-state index is 11.3. The van der Waals surface area contributed by atoms with E-state index in [1.807, 2.05) is 47.0 Å². The van der Waals surface area contributed by atoms with Crippen molar-refractivity contribution in [2.45, 2.75) is 11.4 Å². The third-order valence-electron chi connectivity index (χ3n) is 3.36. The molecule has 0 atom stereocenters. The average Bonchev–Trinajstić information content (AvgIpc) is 2.88. The average molecular weight is 297 g/mol. The molecule has 4 heteroatoms. The van der Waals surface area contributed by atoms with E-state index >= 15 is 0 Å². The van der Waals surface area contributed by atoms with Gasteiger partial charge < -0.3 is 9.67 Å². The molecule has 0 bridgehead atoms. The molecule has 0 aliphatic heterocycles. The van der Waals surface area contributed by atoms with Crippen LogP contribution in [-0.2, 0) is 6.54 Å². The van der Waals surface area contributed by atoms with Crippen molar-refractivity contribution >= 4 is 28.6 Å². The van der Waals surface area contributed by atoms with Crippen LogP contribution in [0.15, 0.2) is 65.7 Å². The number of carboxylic acids is 1. The molecule has 0 aliphatic carbocycles. The van der Waals surface area contributed by atoms with Crippen molar-refractivity contribution in [1.82, 2.24) is 4.57 Å². The zero-order valence-corrected chi connectivity index (χ0v) is 12.2. The zero-order valence-electron chi connectivity index (χ0n) is 11.4. The number of thioether (sulfide) groups is 1. The summed E-state index contributed by atoms with van der Waals surface area (Å²) >= 11 is 1.77. The van der Waals surface area contributed by atoms with Gasteiger partial charge in [-0.3, -0.25) is 0 Å². The van der Waals surface area contributed by atoms with Crippen LogP contribution in [0.5, 0.6) is 0 Å². The Labute approximate surface area is 127 Å². The molecule has 3 aromatic rings. The first kappa shape index (κ1) is 13.8. The van der Waals surface area contributed by atoms with Crippen LogP contribution in [0, 0.1) is 0 Å². The number of carbonyl (C=O) groups is 1. The number of nitrogens with zero attached hydrogens (tertiary/aromatic N) is 1. The molecule has 0 unspecified atom stereocenters. The van der Waals surface area contributed by atoms with Crippen LogP contribution < -0.4 is 0 Å². The molecular formula is C17H15NO2S. The number of fused-ring (bicyclic) bond motifs is 1. The first-order valence-corrected chi connectivity index (χ1v) is 7.73. The summed E-state index contributed by atoms with van der Waals surface area (Å²) in [7, 11) is 0. The SMILES string of the molecule is O=C(O)c1cn(CCSc2ccccc2)c2ccccc12. The maximum Gasteiger partial charge on any atom is 0.337 e. The summed E-state index contributed by atoms with van der Waals surface area (Å²) in [6.07, 6.45) is 1.73. The third kappa shape index (κ3) is 2.95. The maximum absolute atomic E-state index is 11.3. The minimum Gasteiger partial charge on any atom is -0.478 e. The highest BCUT2D eigenvalue weighted by molar-refractivity contribution is 7.99. The largest absolute Gasteiger partial charge is 0.478 e. The summed E-state index contributed by atoms with van der Waals surface area (Å²) in [5.74, 6) is 0.0301. The van der Waals surface area contributed by atoms with Crippen LogP contribution in [0.3, 0.4) is 0 Å². The van der Waals surface area contributed by atoms with Crippen molar-refractivity contribution in [2.24, 2.45) is 0 Å². The van der Waals surface area contributed by atoms with Crippen LogP contribution in [-0.4, -0.2) is 21.4 Å². The number of carboxylic acid groups (broad SMARTS) is 1. The van der Waals surface area contributed by atoms with E-state index in [9.17, 15) is 9.90 Å². The zero-order chi connectivity index (χ0) is 14.7. The number of hydrogen-bond donors (Lipinski definition) is 1. The normalized spacial score (nSPS) is 10.9. The lowest BCUT2D eigenvalue weighted by Gasteiger charge is -2.05. The smallest absolute Gasteiger partial charge is 0.337 e.